The number of carbonyl (C=O) groups is 2. The topological polar surface area (TPSA) is 117 Å². The number of aryl methyl sites for hydroxylation is 1. The van der Waals surface area contributed by atoms with Crippen LogP contribution in [-0.2, 0) is 14.3 Å². The number of methoxy groups -OCH3 is 1. The second-order valence-corrected chi connectivity index (χ2v) is 6.77. The minimum Gasteiger partial charge on any atom is -0.384 e. The summed E-state index contributed by atoms with van der Waals surface area (Å²) in [4.78, 5) is 33.5. The molecule has 1 aliphatic rings. The highest BCUT2D eigenvalue weighted by molar-refractivity contribution is 5.97. The summed E-state index contributed by atoms with van der Waals surface area (Å²) in [5.74, 6) is 0.225. The maximum Gasteiger partial charge on any atom is 0.254 e. The second-order valence-electron chi connectivity index (χ2n) is 6.77. The van der Waals surface area contributed by atoms with E-state index in [9.17, 15) is 14.7 Å². The van der Waals surface area contributed by atoms with Crippen molar-refractivity contribution in [3.05, 3.63) is 29.6 Å². The van der Waals surface area contributed by atoms with Crippen LogP contribution in [0.2, 0.25) is 0 Å². The summed E-state index contributed by atoms with van der Waals surface area (Å²) in [5, 5.41) is 13.4. The molecule has 1 atom stereocenters. The molecule has 9 nitrogen and oxygen atoms in total. The maximum atomic E-state index is 12.9. The Hall–Kier alpha value is -2.49. The largest absolute Gasteiger partial charge is 0.384 e. The number of amides is 2. The molecule has 0 aliphatic carbocycles. The molecule has 3 rings (SSSR count). The number of fused-ring (bicyclic) bond motifs is 1. The highest BCUT2D eigenvalue weighted by Gasteiger charge is 2.35. The lowest BCUT2D eigenvalue weighted by Crippen LogP contribution is -2.53. The van der Waals surface area contributed by atoms with Crippen LogP contribution in [0.3, 0.4) is 0 Å². The van der Waals surface area contributed by atoms with Crippen LogP contribution in [0.25, 0.3) is 11.0 Å². The molecule has 1 aromatic heterocycles. The van der Waals surface area contributed by atoms with Crippen LogP contribution in [0.4, 0.5) is 0 Å². The van der Waals surface area contributed by atoms with Gasteiger partial charge in [0.2, 0.25) is 5.91 Å². The Morgan fingerprint density at radius 3 is 3.07 bits per heavy atom. The van der Waals surface area contributed by atoms with Gasteiger partial charge < -0.3 is 29.8 Å². The molecule has 2 heterocycles. The third-order valence-corrected chi connectivity index (χ3v) is 4.39. The third kappa shape index (κ3) is 4.62. The molecule has 1 saturated heterocycles. The van der Waals surface area contributed by atoms with Crippen LogP contribution in [0, 0.1) is 6.92 Å². The minimum atomic E-state index is -1.37. The first-order valence-corrected chi connectivity index (χ1v) is 8.72. The third-order valence-electron chi connectivity index (χ3n) is 4.39. The van der Waals surface area contributed by atoms with Gasteiger partial charge in [-0.25, -0.2) is 4.98 Å². The van der Waals surface area contributed by atoms with E-state index in [0.717, 1.165) is 16.9 Å². The maximum absolute atomic E-state index is 12.9. The number of H-pyrrole nitrogens is 1. The first-order chi connectivity index (χ1) is 12.9. The van der Waals surface area contributed by atoms with E-state index in [1.165, 1.54) is 7.11 Å². The molecule has 0 bridgehead atoms. The van der Waals surface area contributed by atoms with E-state index in [2.05, 4.69) is 15.3 Å². The van der Waals surface area contributed by atoms with Crippen molar-refractivity contribution in [1.29, 1.82) is 0 Å². The van der Waals surface area contributed by atoms with E-state index >= 15 is 0 Å². The molecule has 0 saturated carbocycles. The molecule has 0 unspecified atom stereocenters. The van der Waals surface area contributed by atoms with Gasteiger partial charge in [0.1, 0.15) is 18.0 Å². The van der Waals surface area contributed by atoms with Crippen LogP contribution >= 0.6 is 0 Å². The Labute approximate surface area is 156 Å². The fourth-order valence-electron chi connectivity index (χ4n) is 3.10. The summed E-state index contributed by atoms with van der Waals surface area (Å²) in [6, 6.07) is 5.26. The number of benzene rings is 1. The average Bonchev–Trinajstić information content (AvgIpc) is 2.89. The van der Waals surface area contributed by atoms with Crippen LogP contribution in [0.5, 0.6) is 0 Å². The van der Waals surface area contributed by atoms with Crippen molar-refractivity contribution >= 4 is 22.8 Å². The molecule has 1 aliphatic heterocycles. The molecule has 0 spiro atoms. The van der Waals surface area contributed by atoms with Crippen LogP contribution in [0.1, 0.15) is 16.2 Å². The fourth-order valence-corrected chi connectivity index (χ4v) is 3.10. The van der Waals surface area contributed by atoms with Crippen molar-refractivity contribution in [2.45, 2.75) is 12.5 Å². The SMILES string of the molecule is COCC(=O)NC[C@]1(O)COCCN(C(=O)c2ccc3nc(C)[nH]c3c2)C1. The molecule has 9 heteroatoms. The quantitative estimate of drug-likeness (QED) is 0.668. The van der Waals surface area contributed by atoms with Crippen molar-refractivity contribution in [2.75, 3.05) is 46.6 Å². The van der Waals surface area contributed by atoms with Gasteiger partial charge in [-0.05, 0) is 25.1 Å². The van der Waals surface area contributed by atoms with Gasteiger partial charge in [-0.15, -0.1) is 0 Å². The van der Waals surface area contributed by atoms with E-state index in [0.29, 0.717) is 18.7 Å². The number of hydrogen-bond donors (Lipinski definition) is 3. The molecule has 1 fully saturated rings. The molecular formula is C18H24N4O5. The normalized spacial score (nSPS) is 20.5. The van der Waals surface area contributed by atoms with Crippen molar-refractivity contribution in [3.8, 4) is 0 Å². The highest BCUT2D eigenvalue weighted by Crippen LogP contribution is 2.18. The summed E-state index contributed by atoms with van der Waals surface area (Å²) in [6.07, 6.45) is 0. The molecule has 0 radical (unpaired) electrons. The van der Waals surface area contributed by atoms with Gasteiger partial charge in [-0.3, -0.25) is 9.59 Å². The molecule has 2 aromatic rings. The number of aromatic nitrogens is 2. The van der Waals surface area contributed by atoms with Crippen LogP contribution in [0.15, 0.2) is 18.2 Å². The lowest BCUT2D eigenvalue weighted by molar-refractivity contribution is -0.126. The first-order valence-electron chi connectivity index (χ1n) is 8.72. The van der Waals surface area contributed by atoms with Gasteiger partial charge in [0, 0.05) is 19.2 Å². The van der Waals surface area contributed by atoms with Crippen molar-refractivity contribution in [3.63, 3.8) is 0 Å². The Morgan fingerprint density at radius 1 is 1.48 bits per heavy atom. The summed E-state index contributed by atoms with van der Waals surface area (Å²) in [7, 11) is 1.42. The minimum absolute atomic E-state index is 0.0300. The van der Waals surface area contributed by atoms with Gasteiger partial charge in [-0.1, -0.05) is 0 Å². The van der Waals surface area contributed by atoms with Gasteiger partial charge >= 0.3 is 0 Å². The van der Waals surface area contributed by atoms with Crippen molar-refractivity contribution in [1.82, 2.24) is 20.2 Å². The smallest absolute Gasteiger partial charge is 0.254 e. The number of β-amino-alcohol motifs (C(OH)–C–C–N with tert-alkyl or cyclic N) is 1. The summed E-state index contributed by atoms with van der Waals surface area (Å²) in [6.45, 7) is 2.48. The summed E-state index contributed by atoms with van der Waals surface area (Å²) >= 11 is 0. The molecule has 2 amide bonds. The molecule has 27 heavy (non-hydrogen) atoms. The number of imidazole rings is 1. The van der Waals surface area contributed by atoms with Gasteiger partial charge in [0.15, 0.2) is 0 Å². The lowest BCUT2D eigenvalue weighted by atomic mass is 10.0. The van der Waals surface area contributed by atoms with Gasteiger partial charge in [-0.2, -0.15) is 0 Å². The number of ether oxygens (including phenoxy) is 2. The van der Waals surface area contributed by atoms with Crippen LogP contribution < -0.4 is 5.32 Å². The van der Waals surface area contributed by atoms with Crippen molar-refractivity contribution < 1.29 is 24.2 Å². The predicted molar refractivity (Wildman–Crippen MR) is 97.4 cm³/mol. The lowest BCUT2D eigenvalue weighted by Gasteiger charge is -2.31. The number of hydrogen-bond acceptors (Lipinski definition) is 6. The van der Waals surface area contributed by atoms with E-state index in [4.69, 9.17) is 9.47 Å². The predicted octanol–water partition coefficient (Wildman–Crippen LogP) is -0.163. The zero-order valence-electron chi connectivity index (χ0n) is 15.4. The highest BCUT2D eigenvalue weighted by atomic mass is 16.5. The molecular weight excluding hydrogens is 352 g/mol. The second kappa shape index (κ2) is 8.03. The van der Waals surface area contributed by atoms with Gasteiger partial charge in [0.05, 0.1) is 37.3 Å². The zero-order chi connectivity index (χ0) is 19.4. The van der Waals surface area contributed by atoms with Crippen LogP contribution in [-0.4, -0.2) is 84.0 Å². The Morgan fingerprint density at radius 2 is 2.30 bits per heavy atom. The van der Waals surface area contributed by atoms with E-state index in [1.54, 1.807) is 23.1 Å². The van der Waals surface area contributed by atoms with E-state index in [-0.39, 0.29) is 38.1 Å². The fraction of sp³-hybridized carbons (Fsp3) is 0.500. The summed E-state index contributed by atoms with van der Waals surface area (Å²) < 4.78 is 10.2. The van der Waals surface area contributed by atoms with Crippen molar-refractivity contribution in [2.24, 2.45) is 0 Å². The molecule has 1 aromatic carbocycles. The van der Waals surface area contributed by atoms with E-state index < -0.39 is 5.60 Å². The molecule has 3 N–H and O–H groups in total. The number of nitrogens with one attached hydrogen (secondary N) is 2. The Kier molecular flexibility index (Phi) is 5.73. The van der Waals surface area contributed by atoms with Gasteiger partial charge in [0.25, 0.3) is 5.91 Å². The molecule has 146 valence electrons. The Balaban J connectivity index is 1.73. The number of nitrogens with zero attached hydrogens (tertiary/aromatic N) is 2. The first kappa shape index (κ1) is 19.3. The standard InChI is InChI=1S/C18H24N4O5/c1-12-20-14-4-3-13(7-15(14)21-12)17(24)22-5-6-27-11-18(25,10-22)9-19-16(23)8-26-2/h3-4,7,25H,5-6,8-11H2,1-2H3,(H,19,23)(H,20,21)/t18-/m1/s1. The number of rotatable bonds is 5. The average molecular weight is 376 g/mol. The monoisotopic (exact) mass is 376 g/mol. The number of aromatic amines is 1. The number of carbonyl (C=O) groups excluding carboxylic acids is 2. The zero-order valence-corrected chi connectivity index (χ0v) is 15.4. The number of aliphatic hydroxyl groups is 1. The van der Waals surface area contributed by atoms with E-state index in [1.807, 2.05) is 6.92 Å². The Bertz CT molecular complexity index is 836. The summed E-state index contributed by atoms with van der Waals surface area (Å²) in [5.41, 5.74) is 0.704.